The lowest BCUT2D eigenvalue weighted by Gasteiger charge is -2.14. The number of aryl methyl sites for hydroxylation is 2. The van der Waals surface area contributed by atoms with E-state index >= 15 is 0 Å². The number of aromatic nitrogens is 2. The van der Waals surface area contributed by atoms with E-state index in [2.05, 4.69) is 10.3 Å². The van der Waals surface area contributed by atoms with Crippen LogP contribution in [-0.4, -0.2) is 28.2 Å². The van der Waals surface area contributed by atoms with Gasteiger partial charge in [0.1, 0.15) is 5.56 Å². The maximum absolute atomic E-state index is 12.7. The molecule has 1 aliphatic heterocycles. The van der Waals surface area contributed by atoms with Crippen molar-refractivity contribution in [2.75, 3.05) is 11.9 Å². The molecule has 2 aromatic heterocycles. The molecule has 1 atom stereocenters. The van der Waals surface area contributed by atoms with Gasteiger partial charge >= 0.3 is 0 Å². The molecule has 126 valence electrons. The van der Waals surface area contributed by atoms with Gasteiger partial charge in [-0.05, 0) is 49.9 Å². The summed E-state index contributed by atoms with van der Waals surface area (Å²) in [5, 5.41) is 2.78. The van der Waals surface area contributed by atoms with Gasteiger partial charge in [0, 0.05) is 19.0 Å². The number of ether oxygens (including phenoxy) is 1. The second-order valence-corrected chi connectivity index (χ2v) is 6.11. The first-order valence-electron chi connectivity index (χ1n) is 8.10. The highest BCUT2D eigenvalue weighted by atomic mass is 16.5. The van der Waals surface area contributed by atoms with Crippen LogP contribution in [0.1, 0.15) is 34.3 Å². The smallest absolute Gasteiger partial charge is 0.263 e. The van der Waals surface area contributed by atoms with Crippen LogP contribution in [0.25, 0.3) is 0 Å². The molecule has 24 heavy (non-hydrogen) atoms. The van der Waals surface area contributed by atoms with Gasteiger partial charge in [0.25, 0.3) is 11.5 Å². The molecule has 6 heteroatoms. The van der Waals surface area contributed by atoms with E-state index in [4.69, 9.17) is 4.74 Å². The third-order valence-electron chi connectivity index (χ3n) is 4.31. The van der Waals surface area contributed by atoms with Crippen molar-refractivity contribution in [2.24, 2.45) is 0 Å². The lowest BCUT2D eigenvalue weighted by molar-refractivity contribution is 0.0952. The highest BCUT2D eigenvalue weighted by Gasteiger charge is 2.20. The van der Waals surface area contributed by atoms with E-state index in [0.717, 1.165) is 25.0 Å². The third kappa shape index (κ3) is 3.38. The number of carbonyl (C=O) groups is 1. The zero-order valence-electron chi connectivity index (χ0n) is 13.9. The Hall–Kier alpha value is -2.47. The number of hydrogen-bond donors (Lipinski definition) is 1. The fourth-order valence-corrected chi connectivity index (χ4v) is 2.87. The summed E-state index contributed by atoms with van der Waals surface area (Å²) in [4.78, 5) is 29.3. The Bertz CT molecular complexity index is 807. The first-order chi connectivity index (χ1) is 11.6. The van der Waals surface area contributed by atoms with Gasteiger partial charge in [-0.25, -0.2) is 0 Å². The van der Waals surface area contributed by atoms with Gasteiger partial charge in [0.2, 0.25) is 0 Å². The van der Waals surface area contributed by atoms with E-state index in [9.17, 15) is 9.59 Å². The highest BCUT2D eigenvalue weighted by molar-refractivity contribution is 6.05. The summed E-state index contributed by atoms with van der Waals surface area (Å²) < 4.78 is 7.15. The van der Waals surface area contributed by atoms with Crippen molar-refractivity contribution in [3.05, 3.63) is 57.8 Å². The van der Waals surface area contributed by atoms with Crippen LogP contribution >= 0.6 is 0 Å². The third-order valence-corrected chi connectivity index (χ3v) is 4.31. The Labute approximate surface area is 140 Å². The Morgan fingerprint density at radius 2 is 2.21 bits per heavy atom. The van der Waals surface area contributed by atoms with Gasteiger partial charge in [0.05, 0.1) is 24.5 Å². The van der Waals surface area contributed by atoms with Crippen molar-refractivity contribution in [1.29, 1.82) is 0 Å². The lowest BCUT2D eigenvalue weighted by atomic mass is 10.1. The van der Waals surface area contributed by atoms with Gasteiger partial charge in [-0.1, -0.05) is 0 Å². The highest BCUT2D eigenvalue weighted by Crippen LogP contribution is 2.15. The molecule has 0 spiro atoms. The van der Waals surface area contributed by atoms with Gasteiger partial charge in [-0.3, -0.25) is 14.6 Å². The van der Waals surface area contributed by atoms with Gasteiger partial charge in [0.15, 0.2) is 0 Å². The average Bonchev–Trinajstić information content (AvgIpc) is 3.06. The van der Waals surface area contributed by atoms with Crippen LogP contribution in [0.4, 0.5) is 5.69 Å². The predicted molar refractivity (Wildman–Crippen MR) is 91.3 cm³/mol. The van der Waals surface area contributed by atoms with Crippen LogP contribution in [0.15, 0.2) is 35.5 Å². The summed E-state index contributed by atoms with van der Waals surface area (Å²) in [6, 6.07) is 3.60. The van der Waals surface area contributed by atoms with Gasteiger partial charge in [-0.2, -0.15) is 0 Å². The van der Waals surface area contributed by atoms with E-state index in [0.29, 0.717) is 17.8 Å². The van der Waals surface area contributed by atoms with Crippen LogP contribution in [-0.2, 0) is 11.3 Å². The number of nitrogens with zero attached hydrogens (tertiary/aromatic N) is 2. The number of nitrogens with one attached hydrogen (secondary N) is 1. The number of pyridine rings is 2. The predicted octanol–water partition coefficient (Wildman–Crippen LogP) is 2.29. The van der Waals surface area contributed by atoms with E-state index in [1.165, 1.54) is 0 Å². The van der Waals surface area contributed by atoms with Crippen LogP contribution in [0.5, 0.6) is 0 Å². The Morgan fingerprint density at radius 1 is 1.38 bits per heavy atom. The summed E-state index contributed by atoms with van der Waals surface area (Å²) in [5.41, 5.74) is 2.04. The molecule has 1 amide bonds. The molecule has 0 saturated carbocycles. The normalized spacial score (nSPS) is 17.0. The van der Waals surface area contributed by atoms with Crippen molar-refractivity contribution >= 4 is 11.6 Å². The van der Waals surface area contributed by atoms with E-state index in [1.54, 1.807) is 36.1 Å². The molecule has 1 N–H and O–H groups in total. The van der Waals surface area contributed by atoms with Crippen LogP contribution in [0, 0.1) is 13.8 Å². The summed E-state index contributed by atoms with van der Waals surface area (Å²) >= 11 is 0. The second-order valence-electron chi connectivity index (χ2n) is 6.11. The molecule has 3 rings (SSSR count). The SMILES string of the molecule is Cc1ccncc1NC(=O)c1c(C)ccn(CC2CCCO2)c1=O. The molecular weight excluding hydrogens is 306 g/mol. The molecule has 1 aliphatic rings. The maximum Gasteiger partial charge on any atom is 0.263 e. The van der Waals surface area contributed by atoms with Crippen molar-refractivity contribution in [1.82, 2.24) is 9.55 Å². The summed E-state index contributed by atoms with van der Waals surface area (Å²) in [6.45, 7) is 4.86. The molecular formula is C18H21N3O3. The molecule has 1 saturated heterocycles. The molecule has 0 aromatic carbocycles. The number of carbonyl (C=O) groups excluding carboxylic acids is 1. The van der Waals surface area contributed by atoms with Crippen LogP contribution in [0.2, 0.25) is 0 Å². The summed E-state index contributed by atoms with van der Waals surface area (Å²) in [7, 11) is 0. The molecule has 0 bridgehead atoms. The number of hydrogen-bond acceptors (Lipinski definition) is 4. The van der Waals surface area contributed by atoms with E-state index in [1.807, 2.05) is 13.0 Å². The molecule has 0 radical (unpaired) electrons. The largest absolute Gasteiger partial charge is 0.376 e. The zero-order valence-corrected chi connectivity index (χ0v) is 13.9. The first-order valence-corrected chi connectivity index (χ1v) is 8.10. The molecule has 2 aromatic rings. The topological polar surface area (TPSA) is 73.2 Å². The van der Waals surface area contributed by atoms with E-state index < -0.39 is 5.91 Å². The van der Waals surface area contributed by atoms with Crippen molar-refractivity contribution < 1.29 is 9.53 Å². The Morgan fingerprint density at radius 3 is 2.92 bits per heavy atom. The van der Waals surface area contributed by atoms with Crippen LogP contribution in [0.3, 0.4) is 0 Å². The fraction of sp³-hybridized carbons (Fsp3) is 0.389. The first kappa shape index (κ1) is 16.4. The average molecular weight is 327 g/mol. The minimum Gasteiger partial charge on any atom is -0.376 e. The monoisotopic (exact) mass is 327 g/mol. The van der Waals surface area contributed by atoms with Gasteiger partial charge in [-0.15, -0.1) is 0 Å². The van der Waals surface area contributed by atoms with Gasteiger partial charge < -0.3 is 14.6 Å². The summed E-state index contributed by atoms with van der Waals surface area (Å²) in [6.07, 6.45) is 6.96. The maximum atomic E-state index is 12.7. The van der Waals surface area contributed by atoms with Crippen molar-refractivity contribution in [3.63, 3.8) is 0 Å². The lowest BCUT2D eigenvalue weighted by Crippen LogP contribution is -2.33. The number of anilines is 1. The molecule has 1 fully saturated rings. The van der Waals surface area contributed by atoms with Crippen molar-refractivity contribution in [3.8, 4) is 0 Å². The minimum absolute atomic E-state index is 0.0434. The minimum atomic E-state index is -0.407. The standard InChI is InChI=1S/C18H21N3O3/c1-12-5-7-19-10-15(12)20-17(22)16-13(2)6-8-21(18(16)23)11-14-4-3-9-24-14/h5-8,10,14H,3-4,9,11H2,1-2H3,(H,20,22). The van der Waals surface area contributed by atoms with Crippen LogP contribution < -0.4 is 10.9 Å². The molecule has 6 nitrogen and oxygen atoms in total. The number of amides is 1. The molecule has 1 unspecified atom stereocenters. The number of rotatable bonds is 4. The Kier molecular flexibility index (Phi) is 4.76. The molecule has 3 heterocycles. The quantitative estimate of drug-likeness (QED) is 0.935. The van der Waals surface area contributed by atoms with Crippen molar-refractivity contribution in [2.45, 2.75) is 39.3 Å². The van der Waals surface area contributed by atoms with E-state index in [-0.39, 0.29) is 17.2 Å². The second kappa shape index (κ2) is 6.97. The summed E-state index contributed by atoms with van der Waals surface area (Å²) in [5.74, 6) is -0.407. The fourth-order valence-electron chi connectivity index (χ4n) is 2.87. The molecule has 0 aliphatic carbocycles. The Balaban J connectivity index is 1.87. The zero-order chi connectivity index (χ0) is 17.1.